The predicted molar refractivity (Wildman–Crippen MR) is 124 cm³/mol. The fourth-order valence-electron chi connectivity index (χ4n) is 2.38. The topological polar surface area (TPSA) is 90.9 Å². The molecule has 0 aliphatic rings. The number of carbonyl (C=O) groups excluding carboxylic acids is 1. The summed E-state index contributed by atoms with van der Waals surface area (Å²) in [6, 6.07) is 7.05. The maximum atomic E-state index is 11.9. The molecule has 0 atom stereocenters. The minimum Gasteiger partial charge on any atom is -0.460 e. The van der Waals surface area contributed by atoms with Gasteiger partial charge >= 0.3 is 5.97 Å². The average Bonchev–Trinajstić information content (AvgIpc) is 2.85. The molecule has 1 aromatic rings. The van der Waals surface area contributed by atoms with Gasteiger partial charge in [0.2, 0.25) is 0 Å². The van der Waals surface area contributed by atoms with Crippen LogP contribution in [0.15, 0.2) is 30.8 Å². The molecule has 0 aromatic heterocycles. The van der Waals surface area contributed by atoms with Gasteiger partial charge in [0.05, 0.1) is 91.5 Å². The normalized spacial score (nSPS) is 10.9. The molecule has 0 N–H and O–H groups in total. The van der Waals surface area contributed by atoms with Crippen molar-refractivity contribution in [3.63, 3.8) is 0 Å². The first-order valence-corrected chi connectivity index (χ1v) is 11.1. The molecule has 0 amide bonds. The molecule has 0 aliphatic carbocycles. The van der Waals surface area contributed by atoms with Crippen molar-refractivity contribution in [3.8, 4) is 0 Å². The Bertz CT molecular complexity index is 592. The van der Waals surface area contributed by atoms with Gasteiger partial charge in [-0.2, -0.15) is 0 Å². The summed E-state index contributed by atoms with van der Waals surface area (Å²) in [7, 11) is 1.64. The largest absolute Gasteiger partial charge is 0.460 e. The summed E-state index contributed by atoms with van der Waals surface area (Å²) in [5.74, 6) is -0.373. The first kappa shape index (κ1) is 29.2. The van der Waals surface area contributed by atoms with Crippen LogP contribution in [0.2, 0.25) is 0 Å². The monoisotopic (exact) mass is 470 g/mol. The Morgan fingerprint density at radius 3 is 1.36 bits per heavy atom. The van der Waals surface area contributed by atoms with E-state index in [4.69, 9.17) is 37.9 Å². The lowest BCUT2D eigenvalue weighted by atomic mass is 10.1. The third-order valence-electron chi connectivity index (χ3n) is 4.13. The fraction of sp³-hybridized carbons (Fsp3) is 0.625. The van der Waals surface area contributed by atoms with Crippen LogP contribution in [0.3, 0.4) is 0 Å². The van der Waals surface area contributed by atoms with Crippen molar-refractivity contribution in [3.05, 3.63) is 42.0 Å². The molecule has 33 heavy (non-hydrogen) atoms. The van der Waals surface area contributed by atoms with Crippen molar-refractivity contribution >= 4 is 12.0 Å². The minimum atomic E-state index is -0.373. The number of rotatable bonds is 23. The van der Waals surface area contributed by atoms with Crippen molar-refractivity contribution < 1.29 is 42.7 Å². The van der Waals surface area contributed by atoms with E-state index >= 15 is 0 Å². The quantitative estimate of drug-likeness (QED) is 0.176. The van der Waals surface area contributed by atoms with E-state index in [0.717, 1.165) is 5.56 Å². The molecule has 9 heteroatoms. The third-order valence-corrected chi connectivity index (χ3v) is 4.13. The number of hydrogen-bond donors (Lipinski definition) is 0. The Morgan fingerprint density at radius 2 is 1.00 bits per heavy atom. The first-order chi connectivity index (χ1) is 16.3. The fourth-order valence-corrected chi connectivity index (χ4v) is 2.38. The molecule has 0 radical (unpaired) electrons. The summed E-state index contributed by atoms with van der Waals surface area (Å²) in [5, 5.41) is 0. The Hall–Kier alpha value is -1.85. The number of ether oxygens (including phenoxy) is 8. The Morgan fingerprint density at radius 1 is 0.636 bits per heavy atom. The lowest BCUT2D eigenvalue weighted by Gasteiger charge is -2.08. The van der Waals surface area contributed by atoms with Crippen LogP contribution in [-0.4, -0.2) is 106 Å². The zero-order valence-electron chi connectivity index (χ0n) is 19.7. The maximum Gasteiger partial charge on any atom is 0.338 e. The zero-order chi connectivity index (χ0) is 23.8. The van der Waals surface area contributed by atoms with E-state index in [-0.39, 0.29) is 12.6 Å². The minimum absolute atomic E-state index is 0.193. The average molecular weight is 471 g/mol. The summed E-state index contributed by atoms with van der Waals surface area (Å²) >= 11 is 0. The van der Waals surface area contributed by atoms with Gasteiger partial charge in [0.1, 0.15) is 6.61 Å². The molecule has 9 nitrogen and oxygen atoms in total. The summed E-state index contributed by atoms with van der Waals surface area (Å²) in [4.78, 5) is 11.9. The first-order valence-electron chi connectivity index (χ1n) is 11.1. The molecule has 0 unspecified atom stereocenters. The molecule has 0 bridgehead atoms. The van der Waals surface area contributed by atoms with E-state index in [0.29, 0.717) is 91.5 Å². The molecule has 1 rings (SSSR count). The van der Waals surface area contributed by atoms with Crippen LogP contribution in [0.1, 0.15) is 15.9 Å². The highest BCUT2D eigenvalue weighted by atomic mass is 16.6. The second-order valence-electron chi connectivity index (χ2n) is 6.63. The van der Waals surface area contributed by atoms with Crippen LogP contribution >= 0.6 is 0 Å². The summed E-state index contributed by atoms with van der Waals surface area (Å²) in [6.45, 7) is 10.3. The van der Waals surface area contributed by atoms with Gasteiger partial charge in [0.15, 0.2) is 0 Å². The van der Waals surface area contributed by atoms with E-state index in [1.54, 1.807) is 25.3 Å². The highest BCUT2D eigenvalue weighted by molar-refractivity contribution is 5.89. The van der Waals surface area contributed by atoms with Gasteiger partial charge in [-0.25, -0.2) is 4.79 Å². The van der Waals surface area contributed by atoms with Crippen LogP contribution in [-0.2, 0) is 37.9 Å². The molecule has 0 heterocycles. The highest BCUT2D eigenvalue weighted by Gasteiger charge is 2.06. The Kier molecular flexibility index (Phi) is 19.4. The highest BCUT2D eigenvalue weighted by Crippen LogP contribution is 2.06. The van der Waals surface area contributed by atoms with Gasteiger partial charge in [0.25, 0.3) is 0 Å². The second-order valence-corrected chi connectivity index (χ2v) is 6.63. The van der Waals surface area contributed by atoms with Crippen LogP contribution in [0.4, 0.5) is 0 Å². The lowest BCUT2D eigenvalue weighted by Crippen LogP contribution is -2.15. The van der Waals surface area contributed by atoms with Gasteiger partial charge in [0, 0.05) is 7.11 Å². The predicted octanol–water partition coefficient (Wildman–Crippen LogP) is 2.23. The third kappa shape index (κ3) is 17.3. The number of esters is 1. The van der Waals surface area contributed by atoms with Crippen molar-refractivity contribution in [1.82, 2.24) is 0 Å². The molecule has 0 saturated carbocycles. The standard InChI is InChI=1S/C24H38O9/c1-3-22-4-6-23(7-5-22)24(25)33-21-20-32-19-18-31-17-16-30-15-14-29-13-12-28-11-10-27-9-8-26-2/h3-7H,1,8-21H2,2H3. The Labute approximate surface area is 196 Å². The van der Waals surface area contributed by atoms with E-state index in [9.17, 15) is 4.79 Å². The van der Waals surface area contributed by atoms with Crippen LogP contribution in [0, 0.1) is 0 Å². The number of benzene rings is 1. The van der Waals surface area contributed by atoms with Crippen molar-refractivity contribution in [2.45, 2.75) is 0 Å². The molecule has 0 saturated heterocycles. The molecule has 0 aliphatic heterocycles. The van der Waals surface area contributed by atoms with E-state index in [2.05, 4.69) is 6.58 Å². The lowest BCUT2D eigenvalue weighted by molar-refractivity contribution is -0.0211. The van der Waals surface area contributed by atoms with E-state index in [1.165, 1.54) is 0 Å². The maximum absolute atomic E-state index is 11.9. The Balaban J connectivity index is 1.76. The number of methoxy groups -OCH3 is 1. The number of hydrogen-bond acceptors (Lipinski definition) is 9. The van der Waals surface area contributed by atoms with Crippen LogP contribution in [0.25, 0.3) is 6.08 Å². The van der Waals surface area contributed by atoms with Gasteiger partial charge in [-0.3, -0.25) is 0 Å². The summed E-state index contributed by atoms with van der Waals surface area (Å²) in [6.07, 6.45) is 1.72. The molecule has 0 spiro atoms. The molecular formula is C24H38O9. The van der Waals surface area contributed by atoms with Gasteiger partial charge < -0.3 is 37.9 Å². The molecular weight excluding hydrogens is 432 g/mol. The molecule has 188 valence electrons. The van der Waals surface area contributed by atoms with E-state index < -0.39 is 0 Å². The van der Waals surface area contributed by atoms with Gasteiger partial charge in [-0.05, 0) is 17.7 Å². The van der Waals surface area contributed by atoms with Crippen molar-refractivity contribution in [1.29, 1.82) is 0 Å². The van der Waals surface area contributed by atoms with Crippen LogP contribution in [0.5, 0.6) is 0 Å². The van der Waals surface area contributed by atoms with Crippen molar-refractivity contribution in [2.75, 3.05) is 99.6 Å². The smallest absolute Gasteiger partial charge is 0.338 e. The summed E-state index contributed by atoms with van der Waals surface area (Å²) < 4.78 is 42.3. The second kappa shape index (κ2) is 22.0. The SMILES string of the molecule is C=Cc1ccc(C(=O)OCCOCCOCCOCCOCCOCCOCCOC)cc1. The molecule has 0 fully saturated rings. The van der Waals surface area contributed by atoms with E-state index in [1.807, 2.05) is 12.1 Å². The number of carbonyl (C=O) groups is 1. The van der Waals surface area contributed by atoms with Gasteiger partial charge in [-0.15, -0.1) is 0 Å². The van der Waals surface area contributed by atoms with Crippen molar-refractivity contribution in [2.24, 2.45) is 0 Å². The molecule has 1 aromatic carbocycles. The zero-order valence-corrected chi connectivity index (χ0v) is 19.7. The van der Waals surface area contributed by atoms with Crippen LogP contribution < -0.4 is 0 Å². The summed E-state index contributed by atoms with van der Waals surface area (Å²) in [5.41, 5.74) is 1.45. The van der Waals surface area contributed by atoms with Gasteiger partial charge in [-0.1, -0.05) is 24.8 Å².